The first-order valence-electron chi connectivity index (χ1n) is 17.2. The highest BCUT2D eigenvalue weighted by Gasteiger charge is 2.49. The standard InChI is InChI=1S/C35H33F4N3O11S/c36-21-9-15(32(48)51-33-28(45)26(43)27(44)30(50-33)31(46)47)10-23-25(21)40-34(54-23)42-16-7-8-17(42)12-18(11-16)49-13-20-24(41-53-29(20)14-5-6-14)19-3-1-2-4-22(19)52-35(37,38)39/h1-4,9-10,14,16-18,26-28,30,33,43-45H,5-8,11-13H2,(H,46,47)/t16-,17+,18+,26-,27?,28?,30?,33-/m0/s1. The predicted molar refractivity (Wildman–Crippen MR) is 177 cm³/mol. The first kappa shape index (κ1) is 36.6. The third-order valence-electron chi connectivity index (χ3n) is 10.2. The number of alkyl halides is 3. The van der Waals surface area contributed by atoms with Crippen LogP contribution in [0.2, 0.25) is 0 Å². The molecule has 1 saturated carbocycles. The van der Waals surface area contributed by atoms with E-state index in [4.69, 9.17) is 18.7 Å². The number of fused-ring (bicyclic) bond motifs is 3. The van der Waals surface area contributed by atoms with Crippen LogP contribution >= 0.6 is 11.3 Å². The molecule has 4 aliphatic rings. The number of halogens is 4. The Labute approximate surface area is 306 Å². The van der Waals surface area contributed by atoms with Gasteiger partial charge < -0.3 is 48.8 Å². The summed E-state index contributed by atoms with van der Waals surface area (Å²) >= 11 is 1.16. The predicted octanol–water partition coefficient (Wildman–Crippen LogP) is 4.63. The molecule has 0 spiro atoms. The van der Waals surface area contributed by atoms with Crippen LogP contribution in [0.15, 0.2) is 40.9 Å². The lowest BCUT2D eigenvalue weighted by Crippen LogP contribution is -2.60. The number of carbonyl (C=O) groups excluding carboxylic acids is 1. The third kappa shape index (κ3) is 6.99. The van der Waals surface area contributed by atoms with Crippen molar-refractivity contribution in [3.63, 3.8) is 0 Å². The van der Waals surface area contributed by atoms with Crippen LogP contribution in [0, 0.1) is 5.82 Å². The van der Waals surface area contributed by atoms with Gasteiger partial charge in [-0.15, -0.1) is 13.2 Å². The largest absolute Gasteiger partial charge is 0.573 e. The molecule has 14 nitrogen and oxygen atoms in total. The summed E-state index contributed by atoms with van der Waals surface area (Å²) in [5.41, 5.74) is 0.704. The number of rotatable bonds is 10. The van der Waals surface area contributed by atoms with E-state index in [1.54, 1.807) is 6.07 Å². The number of carboxylic acid groups (broad SMARTS) is 1. The molecule has 5 heterocycles. The maximum Gasteiger partial charge on any atom is 0.573 e. The van der Waals surface area contributed by atoms with Gasteiger partial charge >= 0.3 is 18.3 Å². The van der Waals surface area contributed by atoms with Crippen molar-refractivity contribution in [1.29, 1.82) is 0 Å². The summed E-state index contributed by atoms with van der Waals surface area (Å²) in [5, 5.41) is 44.1. The van der Waals surface area contributed by atoms with Crippen molar-refractivity contribution in [3.8, 4) is 17.0 Å². The van der Waals surface area contributed by atoms with Crippen molar-refractivity contribution >= 4 is 38.6 Å². The van der Waals surface area contributed by atoms with Gasteiger partial charge in [0.2, 0.25) is 6.29 Å². The van der Waals surface area contributed by atoms with Gasteiger partial charge in [-0.1, -0.05) is 28.6 Å². The zero-order chi connectivity index (χ0) is 38.1. The zero-order valence-corrected chi connectivity index (χ0v) is 28.8. The van der Waals surface area contributed by atoms with Gasteiger partial charge in [0.15, 0.2) is 17.1 Å². The Morgan fingerprint density at radius 1 is 1.00 bits per heavy atom. The molecular formula is C35H33F4N3O11S. The number of piperidine rings is 1. The second-order valence-electron chi connectivity index (χ2n) is 13.8. The van der Waals surface area contributed by atoms with Gasteiger partial charge in [0.25, 0.3) is 0 Å². The summed E-state index contributed by atoms with van der Waals surface area (Å²) in [4.78, 5) is 31.1. The lowest BCUT2D eigenvalue weighted by molar-refractivity contribution is -0.278. The van der Waals surface area contributed by atoms with Gasteiger partial charge in [0.1, 0.15) is 41.0 Å². The number of ether oxygens (including phenoxy) is 4. The Bertz CT molecular complexity index is 2060. The molecule has 54 heavy (non-hydrogen) atoms. The van der Waals surface area contributed by atoms with Crippen LogP contribution < -0.4 is 9.64 Å². The van der Waals surface area contributed by atoms with Gasteiger partial charge in [-0.05, 0) is 62.8 Å². The Morgan fingerprint density at radius 3 is 2.41 bits per heavy atom. The van der Waals surface area contributed by atoms with E-state index in [-0.39, 0.29) is 53.0 Å². The molecule has 0 radical (unpaired) electrons. The van der Waals surface area contributed by atoms with Crippen LogP contribution in [0.3, 0.4) is 0 Å². The average Bonchev–Trinajstić information content (AvgIpc) is 3.63. The molecule has 8 rings (SSSR count). The number of para-hydroxylation sites is 1. The normalized spacial score (nSPS) is 28.4. The Morgan fingerprint density at radius 2 is 1.72 bits per heavy atom. The number of aliphatic carboxylic acids is 1. The number of hydrogen-bond acceptors (Lipinski definition) is 14. The second-order valence-corrected chi connectivity index (χ2v) is 14.8. The molecule has 8 atom stereocenters. The van der Waals surface area contributed by atoms with Gasteiger partial charge in [0, 0.05) is 29.1 Å². The third-order valence-corrected chi connectivity index (χ3v) is 11.2. The van der Waals surface area contributed by atoms with Gasteiger partial charge in [-0.2, -0.15) is 0 Å². The highest BCUT2D eigenvalue weighted by molar-refractivity contribution is 7.22. The number of aliphatic hydroxyl groups is 3. The molecule has 2 bridgehead atoms. The summed E-state index contributed by atoms with van der Waals surface area (Å²) in [6.07, 6.45) is -10.4. The van der Waals surface area contributed by atoms with E-state index < -0.39 is 60.6 Å². The first-order valence-corrected chi connectivity index (χ1v) is 18.0. The molecule has 2 aromatic carbocycles. The van der Waals surface area contributed by atoms with Crippen molar-refractivity contribution in [2.24, 2.45) is 0 Å². The summed E-state index contributed by atoms with van der Waals surface area (Å²) in [6, 6.07) is 7.97. The Hall–Kier alpha value is -4.40. The van der Waals surface area contributed by atoms with Gasteiger partial charge in [-0.3, -0.25) is 0 Å². The number of esters is 1. The van der Waals surface area contributed by atoms with Gasteiger partial charge in [-0.25, -0.2) is 19.0 Å². The fourth-order valence-electron chi connectivity index (χ4n) is 7.52. The quantitative estimate of drug-likeness (QED) is 0.129. The number of hydrogen-bond donors (Lipinski definition) is 4. The van der Waals surface area contributed by atoms with Crippen LogP contribution in [-0.4, -0.2) is 97.8 Å². The molecular weight excluding hydrogens is 746 g/mol. The summed E-state index contributed by atoms with van der Waals surface area (Å²) in [7, 11) is 0. The van der Waals surface area contributed by atoms with E-state index in [0.29, 0.717) is 34.0 Å². The van der Waals surface area contributed by atoms with E-state index in [9.17, 15) is 43.2 Å². The van der Waals surface area contributed by atoms with Crippen molar-refractivity contribution in [2.75, 3.05) is 4.90 Å². The molecule has 3 aliphatic heterocycles. The van der Waals surface area contributed by atoms with Crippen LogP contribution in [0.4, 0.5) is 22.7 Å². The molecule has 288 valence electrons. The van der Waals surface area contributed by atoms with Gasteiger partial charge in [0.05, 0.1) is 23.0 Å². The van der Waals surface area contributed by atoms with Crippen molar-refractivity contribution < 1.29 is 71.0 Å². The zero-order valence-electron chi connectivity index (χ0n) is 28.0. The molecule has 3 saturated heterocycles. The van der Waals surface area contributed by atoms with E-state index in [1.807, 2.05) is 0 Å². The number of nitrogens with zero attached hydrogens (tertiary/aromatic N) is 3. The van der Waals surface area contributed by atoms with Crippen LogP contribution in [0.1, 0.15) is 66.1 Å². The lowest BCUT2D eigenvalue weighted by Gasteiger charge is -2.38. The maximum atomic E-state index is 15.4. The minimum atomic E-state index is -4.90. The molecule has 1 aliphatic carbocycles. The SMILES string of the molecule is O=C(O[C@@H]1OC(C(=O)O)C(O)[C@H](O)C1O)c1cc(F)c2nc(N3[C@@H]4CC[C@H]3C[C@@H](OCc3c(-c5ccccc5OC(F)(F)F)noc3C3CC3)C4)sc2c1. The van der Waals surface area contributed by atoms with Crippen molar-refractivity contribution in [3.05, 3.63) is 59.1 Å². The summed E-state index contributed by atoms with van der Waals surface area (Å²) in [6.45, 7) is 0.0692. The van der Waals surface area contributed by atoms with Crippen LogP contribution in [0.25, 0.3) is 21.5 Å². The molecule has 2 aromatic heterocycles. The Balaban J connectivity index is 0.963. The number of benzene rings is 2. The molecule has 4 fully saturated rings. The average molecular weight is 780 g/mol. The number of aliphatic hydroxyl groups excluding tert-OH is 3. The monoisotopic (exact) mass is 779 g/mol. The number of aromatic nitrogens is 2. The number of thiazole rings is 1. The highest BCUT2D eigenvalue weighted by atomic mass is 32.1. The summed E-state index contributed by atoms with van der Waals surface area (Å²) < 4.78 is 81.8. The van der Waals surface area contributed by atoms with Crippen LogP contribution in [-0.2, 0) is 25.6 Å². The molecule has 3 unspecified atom stereocenters. The van der Waals surface area contributed by atoms with E-state index in [0.717, 1.165) is 43.1 Å². The molecule has 19 heteroatoms. The first-order chi connectivity index (χ1) is 25.8. The highest BCUT2D eigenvalue weighted by Crippen LogP contribution is 2.47. The van der Waals surface area contributed by atoms with E-state index in [1.165, 1.54) is 24.3 Å². The van der Waals surface area contributed by atoms with Crippen molar-refractivity contribution in [1.82, 2.24) is 10.1 Å². The maximum absolute atomic E-state index is 15.4. The van der Waals surface area contributed by atoms with Crippen molar-refractivity contribution in [2.45, 2.75) is 106 Å². The molecule has 0 amide bonds. The summed E-state index contributed by atoms with van der Waals surface area (Å²) in [5.74, 6) is -3.34. The number of carboxylic acids is 1. The second kappa shape index (κ2) is 14.0. The smallest absolute Gasteiger partial charge is 0.479 e. The fourth-order valence-corrected chi connectivity index (χ4v) is 8.68. The van der Waals surface area contributed by atoms with Crippen LogP contribution in [0.5, 0.6) is 5.75 Å². The minimum absolute atomic E-state index is 0.0125. The van der Waals surface area contributed by atoms with E-state index >= 15 is 4.39 Å². The Kier molecular flexibility index (Phi) is 9.50. The molecule has 4 aromatic rings. The van der Waals surface area contributed by atoms with E-state index in [2.05, 4.69) is 19.8 Å². The number of anilines is 1. The number of carbonyl (C=O) groups is 2. The lowest BCUT2D eigenvalue weighted by atomic mass is 9.99. The fraction of sp³-hybridized carbons (Fsp3) is 0.486. The minimum Gasteiger partial charge on any atom is -0.479 e. The molecule has 4 N–H and O–H groups in total. The topological polar surface area (TPSA) is 194 Å².